The van der Waals surface area contributed by atoms with Gasteiger partial charge in [-0.25, -0.2) is 0 Å². The third kappa shape index (κ3) is 2.96. The smallest absolute Gasteiger partial charge is 0.170 e. The van der Waals surface area contributed by atoms with Gasteiger partial charge < -0.3 is 15.3 Å². The zero-order chi connectivity index (χ0) is 14.8. The zero-order valence-corrected chi connectivity index (χ0v) is 14.3. The van der Waals surface area contributed by atoms with E-state index >= 15 is 0 Å². The number of halogens is 1. The summed E-state index contributed by atoms with van der Waals surface area (Å²) in [5.74, 6) is 0. The number of thiophene rings is 1. The number of hydrogen-bond acceptors (Lipinski definition) is 4. The molecule has 1 fully saturated rings. The number of β-amino-alcohol motifs (C(OH)–C–C–N with tert-alkyl or cyclic N) is 1. The zero-order valence-electron chi connectivity index (χ0n) is 11.1. The van der Waals surface area contributed by atoms with Gasteiger partial charge in [0.25, 0.3) is 0 Å². The molecule has 21 heavy (non-hydrogen) atoms. The van der Waals surface area contributed by atoms with Gasteiger partial charge in [-0.3, -0.25) is 4.98 Å². The SMILES string of the molecule is OCCN1C(=S)N[C@@H](c2ccccn2)[C@H]1c1ccc(Br)s1. The molecule has 0 bridgehead atoms. The number of hydrogen-bond donors (Lipinski definition) is 2. The lowest BCUT2D eigenvalue weighted by Gasteiger charge is -2.25. The minimum atomic E-state index is -0.00389. The monoisotopic (exact) mass is 383 g/mol. The summed E-state index contributed by atoms with van der Waals surface area (Å²) in [6, 6.07) is 10.1. The average Bonchev–Trinajstić information content (AvgIpc) is 3.05. The van der Waals surface area contributed by atoms with Crippen LogP contribution in [0.15, 0.2) is 40.3 Å². The molecule has 0 aliphatic carbocycles. The van der Waals surface area contributed by atoms with Crippen LogP contribution >= 0.6 is 39.5 Å². The van der Waals surface area contributed by atoms with Gasteiger partial charge in [0.05, 0.1) is 28.2 Å². The second kappa shape index (κ2) is 6.39. The van der Waals surface area contributed by atoms with E-state index in [1.807, 2.05) is 29.2 Å². The highest BCUT2D eigenvalue weighted by atomic mass is 79.9. The molecule has 0 saturated carbocycles. The van der Waals surface area contributed by atoms with Crippen molar-refractivity contribution in [3.05, 3.63) is 50.9 Å². The van der Waals surface area contributed by atoms with Crippen LogP contribution in [0.25, 0.3) is 0 Å². The molecule has 2 N–H and O–H groups in total. The van der Waals surface area contributed by atoms with Crippen molar-refractivity contribution in [3.63, 3.8) is 0 Å². The minimum absolute atomic E-state index is 0.00389. The van der Waals surface area contributed by atoms with Gasteiger partial charge in [-0.2, -0.15) is 0 Å². The maximum atomic E-state index is 9.32. The Morgan fingerprint density at radius 1 is 1.38 bits per heavy atom. The molecule has 110 valence electrons. The molecule has 3 heterocycles. The first-order chi connectivity index (χ1) is 10.2. The molecule has 2 aromatic rings. The van der Waals surface area contributed by atoms with Gasteiger partial charge in [0.15, 0.2) is 5.11 Å². The van der Waals surface area contributed by atoms with E-state index in [-0.39, 0.29) is 18.7 Å². The fourth-order valence-electron chi connectivity index (χ4n) is 2.55. The van der Waals surface area contributed by atoms with Crippen molar-refractivity contribution in [2.24, 2.45) is 0 Å². The molecule has 0 radical (unpaired) electrons. The fraction of sp³-hybridized carbons (Fsp3) is 0.286. The quantitative estimate of drug-likeness (QED) is 0.794. The van der Waals surface area contributed by atoms with Crippen molar-refractivity contribution >= 4 is 44.6 Å². The van der Waals surface area contributed by atoms with E-state index in [9.17, 15) is 5.11 Å². The van der Waals surface area contributed by atoms with Gasteiger partial charge in [0.1, 0.15) is 0 Å². The van der Waals surface area contributed by atoms with Crippen LogP contribution in [0.3, 0.4) is 0 Å². The normalized spacial score (nSPS) is 21.6. The molecule has 1 saturated heterocycles. The van der Waals surface area contributed by atoms with Crippen LogP contribution in [0.2, 0.25) is 0 Å². The summed E-state index contributed by atoms with van der Waals surface area (Å²) in [7, 11) is 0. The van der Waals surface area contributed by atoms with Crippen molar-refractivity contribution in [1.82, 2.24) is 15.2 Å². The molecule has 1 aliphatic rings. The predicted molar refractivity (Wildman–Crippen MR) is 91.3 cm³/mol. The van der Waals surface area contributed by atoms with E-state index in [0.29, 0.717) is 11.7 Å². The lowest BCUT2D eigenvalue weighted by atomic mass is 10.0. The summed E-state index contributed by atoms with van der Waals surface area (Å²) in [6.45, 7) is 0.579. The van der Waals surface area contributed by atoms with Crippen LogP contribution in [-0.2, 0) is 0 Å². The minimum Gasteiger partial charge on any atom is -0.395 e. The van der Waals surface area contributed by atoms with Gasteiger partial charge in [0, 0.05) is 17.6 Å². The van der Waals surface area contributed by atoms with Crippen LogP contribution in [0.5, 0.6) is 0 Å². The first kappa shape index (κ1) is 14.9. The Bertz CT molecular complexity index is 634. The number of aromatic nitrogens is 1. The number of aliphatic hydroxyl groups excluding tert-OH is 1. The third-order valence-electron chi connectivity index (χ3n) is 3.42. The van der Waals surface area contributed by atoms with Crippen LogP contribution < -0.4 is 5.32 Å². The van der Waals surface area contributed by atoms with Gasteiger partial charge in [-0.05, 0) is 52.4 Å². The molecular weight excluding hydrogens is 370 g/mol. The van der Waals surface area contributed by atoms with Crippen LogP contribution in [0, 0.1) is 0 Å². The van der Waals surface area contributed by atoms with Gasteiger partial charge in [-0.1, -0.05) is 6.07 Å². The molecule has 0 amide bonds. The number of thiocarbonyl (C=S) groups is 1. The Balaban J connectivity index is 2.00. The molecule has 3 rings (SSSR count). The Morgan fingerprint density at radius 3 is 2.86 bits per heavy atom. The van der Waals surface area contributed by atoms with Crippen molar-refractivity contribution < 1.29 is 5.11 Å². The Labute approximate surface area is 140 Å². The topological polar surface area (TPSA) is 48.4 Å². The third-order valence-corrected chi connectivity index (χ3v) is 5.47. The first-order valence-corrected chi connectivity index (χ1v) is 8.56. The van der Waals surface area contributed by atoms with Crippen LogP contribution in [0.1, 0.15) is 22.7 Å². The van der Waals surface area contributed by atoms with E-state index in [4.69, 9.17) is 12.2 Å². The van der Waals surface area contributed by atoms with Gasteiger partial charge in [0.2, 0.25) is 0 Å². The van der Waals surface area contributed by atoms with Gasteiger partial charge in [-0.15, -0.1) is 11.3 Å². The largest absolute Gasteiger partial charge is 0.395 e. The first-order valence-electron chi connectivity index (χ1n) is 6.55. The maximum absolute atomic E-state index is 9.32. The highest BCUT2D eigenvalue weighted by Gasteiger charge is 2.40. The predicted octanol–water partition coefficient (Wildman–Crippen LogP) is 2.87. The molecule has 0 spiro atoms. The number of nitrogens with one attached hydrogen (secondary N) is 1. The maximum Gasteiger partial charge on any atom is 0.170 e. The Hall–Kier alpha value is -1.02. The summed E-state index contributed by atoms with van der Waals surface area (Å²) in [6.07, 6.45) is 1.79. The Kier molecular flexibility index (Phi) is 4.54. The second-order valence-corrected chi connectivity index (χ2v) is 7.57. The van der Waals surface area contributed by atoms with E-state index in [1.54, 1.807) is 17.5 Å². The summed E-state index contributed by atoms with van der Waals surface area (Å²) < 4.78 is 1.08. The number of rotatable bonds is 4. The summed E-state index contributed by atoms with van der Waals surface area (Å²) in [5, 5.41) is 13.3. The highest BCUT2D eigenvalue weighted by molar-refractivity contribution is 9.11. The number of aliphatic hydroxyl groups is 1. The van der Waals surface area contributed by atoms with Crippen molar-refractivity contribution in [3.8, 4) is 0 Å². The molecule has 0 unspecified atom stereocenters. The van der Waals surface area contributed by atoms with E-state index in [0.717, 1.165) is 9.48 Å². The molecule has 2 atom stereocenters. The molecular formula is C14H14BrN3OS2. The highest BCUT2D eigenvalue weighted by Crippen LogP contribution is 2.41. The van der Waals surface area contributed by atoms with Gasteiger partial charge >= 0.3 is 0 Å². The molecule has 4 nitrogen and oxygen atoms in total. The lowest BCUT2D eigenvalue weighted by Crippen LogP contribution is -2.31. The van der Waals surface area contributed by atoms with Crippen molar-refractivity contribution in [2.45, 2.75) is 12.1 Å². The lowest BCUT2D eigenvalue weighted by molar-refractivity contribution is 0.224. The van der Waals surface area contributed by atoms with Crippen molar-refractivity contribution in [1.29, 1.82) is 0 Å². The molecule has 1 aliphatic heterocycles. The van der Waals surface area contributed by atoms with E-state index in [2.05, 4.69) is 32.3 Å². The second-order valence-electron chi connectivity index (χ2n) is 4.69. The number of pyridine rings is 1. The summed E-state index contributed by atoms with van der Waals surface area (Å²) >= 11 is 10.6. The average molecular weight is 384 g/mol. The molecule has 0 aromatic carbocycles. The fourth-order valence-corrected chi connectivity index (χ4v) is 4.46. The summed E-state index contributed by atoms with van der Waals surface area (Å²) in [4.78, 5) is 7.68. The summed E-state index contributed by atoms with van der Waals surface area (Å²) in [5.41, 5.74) is 0.954. The van der Waals surface area contributed by atoms with Crippen LogP contribution in [-0.4, -0.2) is 33.3 Å². The van der Waals surface area contributed by atoms with Crippen LogP contribution in [0.4, 0.5) is 0 Å². The van der Waals surface area contributed by atoms with E-state index in [1.165, 1.54) is 4.88 Å². The Morgan fingerprint density at radius 2 is 2.24 bits per heavy atom. The molecule has 7 heteroatoms. The standard InChI is InChI=1S/C14H14BrN3OS2/c15-11-5-4-10(21-11)13-12(9-3-1-2-6-16-9)17-14(20)18(13)7-8-19/h1-6,12-13,19H,7-8H2,(H,17,20)/t12-,13+/m0/s1. The van der Waals surface area contributed by atoms with E-state index < -0.39 is 0 Å². The van der Waals surface area contributed by atoms with Crippen molar-refractivity contribution in [2.75, 3.05) is 13.2 Å². The number of nitrogens with zero attached hydrogens (tertiary/aromatic N) is 2. The molecule has 2 aromatic heterocycles.